The van der Waals surface area contributed by atoms with Crippen LogP contribution in [0.15, 0.2) is 42.6 Å². The van der Waals surface area contributed by atoms with Gasteiger partial charge in [0, 0.05) is 43.0 Å². The molecule has 3 heterocycles. The average Bonchev–Trinajstić information content (AvgIpc) is 2.92. The van der Waals surface area contributed by atoms with Crippen molar-refractivity contribution < 1.29 is 19.0 Å². The molecule has 7 heteroatoms. The summed E-state index contributed by atoms with van der Waals surface area (Å²) in [7, 11) is 0. The number of hydrogen-bond acceptors (Lipinski definition) is 5. The van der Waals surface area contributed by atoms with E-state index >= 15 is 0 Å². The zero-order valence-electron chi connectivity index (χ0n) is 21.7. The normalized spacial score (nSPS) is 19.9. The number of benzene rings is 1. The van der Waals surface area contributed by atoms with Crippen molar-refractivity contribution in [3.05, 3.63) is 48.2 Å². The molecule has 2 aliphatic heterocycles. The third kappa shape index (κ3) is 6.83. The van der Waals surface area contributed by atoms with E-state index in [2.05, 4.69) is 9.88 Å². The molecule has 2 aliphatic rings. The van der Waals surface area contributed by atoms with Gasteiger partial charge < -0.3 is 19.6 Å². The molecule has 1 atom stereocenters. The van der Waals surface area contributed by atoms with E-state index in [4.69, 9.17) is 4.74 Å². The predicted molar refractivity (Wildman–Crippen MR) is 140 cm³/mol. The van der Waals surface area contributed by atoms with Gasteiger partial charge in [-0.05, 0) is 81.3 Å². The molecule has 2 aromatic rings. The largest absolute Gasteiger partial charge is 0.477 e. The zero-order valence-corrected chi connectivity index (χ0v) is 21.7. The minimum absolute atomic E-state index is 0.0345. The summed E-state index contributed by atoms with van der Waals surface area (Å²) >= 11 is 0. The molecule has 0 radical (unpaired) electrons. The lowest BCUT2D eigenvalue weighted by atomic mass is 9.94. The molecule has 0 saturated carbocycles. The number of carbonyl (C=O) groups is 1. The molecule has 196 valence electrons. The number of β-amino-alcohol motifs (C(OH)–C–C–N with tert-alkyl or cyclic N) is 1. The first kappa shape index (κ1) is 26.6. The number of hydrogen-bond donors (Lipinski definition) is 1. The monoisotopic (exact) mass is 497 g/mol. The molecule has 1 aromatic carbocycles. The van der Waals surface area contributed by atoms with Gasteiger partial charge in [-0.15, -0.1) is 0 Å². The summed E-state index contributed by atoms with van der Waals surface area (Å²) in [4.78, 5) is 21.2. The Labute approximate surface area is 214 Å². The van der Waals surface area contributed by atoms with Crippen molar-refractivity contribution in [2.75, 3.05) is 39.3 Å². The second-order valence-electron chi connectivity index (χ2n) is 10.4. The molecule has 1 unspecified atom stereocenters. The number of aliphatic hydroxyl groups excluding tert-OH is 1. The minimum Gasteiger partial charge on any atom is -0.477 e. The maximum atomic E-state index is 14.7. The summed E-state index contributed by atoms with van der Waals surface area (Å²) < 4.78 is 20.7. The summed E-state index contributed by atoms with van der Waals surface area (Å²) in [5, 5.41) is 9.84. The Morgan fingerprint density at radius 3 is 2.36 bits per heavy atom. The van der Waals surface area contributed by atoms with E-state index in [9.17, 15) is 14.3 Å². The third-order valence-electron chi connectivity index (χ3n) is 7.83. The van der Waals surface area contributed by atoms with Gasteiger partial charge in [0.05, 0.1) is 12.7 Å². The summed E-state index contributed by atoms with van der Waals surface area (Å²) in [5.41, 5.74) is 1.51. The molecular formula is C29H40FN3O3. The fraction of sp³-hybridized carbons (Fsp3) is 0.586. The van der Waals surface area contributed by atoms with E-state index < -0.39 is 11.8 Å². The third-order valence-corrected chi connectivity index (χ3v) is 7.83. The van der Waals surface area contributed by atoms with Crippen molar-refractivity contribution >= 4 is 5.91 Å². The molecule has 0 bridgehead atoms. The molecule has 36 heavy (non-hydrogen) atoms. The average molecular weight is 498 g/mol. The second-order valence-corrected chi connectivity index (χ2v) is 10.4. The molecular weight excluding hydrogens is 457 g/mol. The molecule has 1 amide bonds. The van der Waals surface area contributed by atoms with E-state index in [0.29, 0.717) is 56.4 Å². The smallest absolute Gasteiger partial charge is 0.253 e. The van der Waals surface area contributed by atoms with E-state index in [1.54, 1.807) is 11.1 Å². The quantitative estimate of drug-likeness (QED) is 0.530. The Morgan fingerprint density at radius 2 is 1.75 bits per heavy atom. The van der Waals surface area contributed by atoms with Gasteiger partial charge in [-0.25, -0.2) is 9.37 Å². The number of rotatable bonds is 9. The minimum atomic E-state index is -1.07. The second kappa shape index (κ2) is 12.2. The first-order chi connectivity index (χ1) is 17.4. The number of aliphatic hydroxyl groups is 1. The van der Waals surface area contributed by atoms with Crippen LogP contribution >= 0.6 is 0 Å². The van der Waals surface area contributed by atoms with E-state index in [0.717, 1.165) is 49.9 Å². The Kier molecular flexibility index (Phi) is 8.96. The number of aromatic nitrogens is 1. The highest BCUT2D eigenvalue weighted by atomic mass is 19.1. The number of ether oxygens (including phenoxy) is 1. The van der Waals surface area contributed by atoms with Crippen molar-refractivity contribution in [1.29, 1.82) is 0 Å². The van der Waals surface area contributed by atoms with Gasteiger partial charge in [0.25, 0.3) is 5.91 Å². The number of carbonyl (C=O) groups excluding carboxylic acids is 1. The van der Waals surface area contributed by atoms with E-state index in [-0.39, 0.29) is 5.91 Å². The highest BCUT2D eigenvalue weighted by Gasteiger charge is 2.30. The number of alkyl halides is 1. The first-order valence-corrected chi connectivity index (χ1v) is 13.5. The molecule has 0 spiro atoms. The molecule has 0 aliphatic carbocycles. The number of amides is 1. The predicted octanol–water partition coefficient (Wildman–Crippen LogP) is 4.96. The number of pyridine rings is 1. The van der Waals surface area contributed by atoms with E-state index in [1.165, 1.54) is 0 Å². The van der Waals surface area contributed by atoms with Crippen LogP contribution < -0.4 is 4.74 Å². The number of piperidine rings is 2. The van der Waals surface area contributed by atoms with Gasteiger partial charge in [0.1, 0.15) is 5.67 Å². The van der Waals surface area contributed by atoms with Crippen LogP contribution in [-0.4, -0.2) is 76.9 Å². The van der Waals surface area contributed by atoms with Crippen LogP contribution in [-0.2, 0) is 0 Å². The summed E-state index contributed by atoms with van der Waals surface area (Å²) in [6.45, 7) is 7.96. The Bertz CT molecular complexity index is 970. The van der Waals surface area contributed by atoms with Gasteiger partial charge in [0.15, 0.2) is 0 Å². The topological polar surface area (TPSA) is 65.9 Å². The molecule has 2 saturated heterocycles. The summed E-state index contributed by atoms with van der Waals surface area (Å²) in [6.07, 6.45) is 6.14. The van der Waals surface area contributed by atoms with E-state index in [1.807, 2.05) is 50.2 Å². The van der Waals surface area contributed by atoms with Crippen LogP contribution in [0.4, 0.5) is 4.39 Å². The lowest BCUT2D eigenvalue weighted by Gasteiger charge is -2.36. The van der Waals surface area contributed by atoms with Crippen LogP contribution in [0.5, 0.6) is 5.88 Å². The molecule has 1 aromatic heterocycles. The van der Waals surface area contributed by atoms with Crippen LogP contribution in [0, 0.1) is 5.92 Å². The van der Waals surface area contributed by atoms with Gasteiger partial charge >= 0.3 is 0 Å². The van der Waals surface area contributed by atoms with Gasteiger partial charge in [-0.3, -0.25) is 4.79 Å². The Balaban J connectivity index is 1.24. The fourth-order valence-electron chi connectivity index (χ4n) is 5.15. The number of halogens is 1. The number of likely N-dealkylation sites (tertiary alicyclic amines) is 2. The van der Waals surface area contributed by atoms with Crippen LogP contribution in [0.1, 0.15) is 62.7 Å². The summed E-state index contributed by atoms with van der Waals surface area (Å²) in [6, 6.07) is 11.4. The van der Waals surface area contributed by atoms with Crippen molar-refractivity contribution in [2.45, 2.75) is 64.1 Å². The van der Waals surface area contributed by atoms with Crippen LogP contribution in [0.3, 0.4) is 0 Å². The van der Waals surface area contributed by atoms with Crippen molar-refractivity contribution in [3.63, 3.8) is 0 Å². The standard InChI is InChI=1S/C29H40FN3O3/c1-3-29(30,4-2)21-32-16-13-22(14-17-32)20-36-27-12-11-25(18-31-27)23-7-9-24(10-8-23)28(35)33-15-5-6-26(34)19-33/h7-12,18,22,26,34H,3-6,13-17,19-21H2,1-2H3. The SMILES string of the molecule is CCC(F)(CC)CN1CCC(COc2ccc(-c3ccc(C(=O)N4CCCC(O)C4)cc3)cn2)CC1. The van der Waals surface area contributed by atoms with Gasteiger partial charge in [-0.2, -0.15) is 0 Å². The highest BCUT2D eigenvalue weighted by molar-refractivity contribution is 5.94. The maximum Gasteiger partial charge on any atom is 0.253 e. The highest BCUT2D eigenvalue weighted by Crippen LogP contribution is 2.26. The van der Waals surface area contributed by atoms with Gasteiger partial charge in [0.2, 0.25) is 5.88 Å². The van der Waals surface area contributed by atoms with Crippen LogP contribution in [0.25, 0.3) is 11.1 Å². The lowest BCUT2D eigenvalue weighted by molar-refractivity contribution is 0.0474. The zero-order chi connectivity index (χ0) is 25.5. The Hall–Kier alpha value is -2.51. The van der Waals surface area contributed by atoms with Crippen molar-refractivity contribution in [1.82, 2.24) is 14.8 Å². The van der Waals surface area contributed by atoms with Crippen LogP contribution in [0.2, 0.25) is 0 Å². The maximum absolute atomic E-state index is 14.7. The first-order valence-electron chi connectivity index (χ1n) is 13.5. The van der Waals surface area contributed by atoms with Crippen molar-refractivity contribution in [3.8, 4) is 17.0 Å². The van der Waals surface area contributed by atoms with Crippen molar-refractivity contribution in [2.24, 2.45) is 5.92 Å². The molecule has 2 fully saturated rings. The number of nitrogens with zero attached hydrogens (tertiary/aromatic N) is 3. The lowest BCUT2D eigenvalue weighted by Crippen LogP contribution is -2.44. The molecule has 4 rings (SSSR count). The van der Waals surface area contributed by atoms with Gasteiger partial charge in [-0.1, -0.05) is 26.0 Å². The molecule has 1 N–H and O–H groups in total. The molecule has 6 nitrogen and oxygen atoms in total. The Morgan fingerprint density at radius 1 is 1.06 bits per heavy atom. The summed E-state index contributed by atoms with van der Waals surface area (Å²) in [5.74, 6) is 1.04. The fourth-order valence-corrected chi connectivity index (χ4v) is 5.15.